The molecule has 0 unspecified atom stereocenters. The van der Waals surface area contributed by atoms with Crippen LogP contribution < -0.4 is 14.2 Å². The maximum Gasteiger partial charge on any atom is 0.247 e. The van der Waals surface area contributed by atoms with Crippen LogP contribution in [-0.4, -0.2) is 30.5 Å². The fourth-order valence-corrected chi connectivity index (χ4v) is 2.10. The topological polar surface area (TPSA) is 66.6 Å². The van der Waals surface area contributed by atoms with Gasteiger partial charge in [0.2, 0.25) is 12.3 Å². The maximum atomic E-state index is 5.69. The highest BCUT2D eigenvalue weighted by molar-refractivity contribution is 5.53. The molecule has 0 saturated heterocycles. The van der Waals surface area contributed by atoms with E-state index in [4.69, 9.17) is 18.6 Å². The van der Waals surface area contributed by atoms with Gasteiger partial charge in [-0.1, -0.05) is 0 Å². The molecular formula is C18H18N2O4. The van der Waals surface area contributed by atoms with E-state index in [1.807, 2.05) is 48.5 Å². The van der Waals surface area contributed by atoms with Crippen molar-refractivity contribution in [3.8, 4) is 28.7 Å². The summed E-state index contributed by atoms with van der Waals surface area (Å²) in [6.45, 7) is 1.17. The first-order valence-electron chi connectivity index (χ1n) is 7.61. The maximum absolute atomic E-state index is 5.69. The van der Waals surface area contributed by atoms with Crippen molar-refractivity contribution in [2.24, 2.45) is 0 Å². The van der Waals surface area contributed by atoms with E-state index in [2.05, 4.69) is 10.2 Å². The fourth-order valence-electron chi connectivity index (χ4n) is 2.10. The molecule has 0 aliphatic heterocycles. The second-order valence-electron chi connectivity index (χ2n) is 4.99. The molecule has 0 amide bonds. The van der Waals surface area contributed by atoms with Gasteiger partial charge in [-0.15, -0.1) is 10.2 Å². The number of ether oxygens (including phenoxy) is 3. The molecule has 1 heterocycles. The number of hydrogen-bond acceptors (Lipinski definition) is 6. The molecule has 0 spiro atoms. The summed E-state index contributed by atoms with van der Waals surface area (Å²) in [5.41, 5.74) is 0.864. The molecule has 0 N–H and O–H groups in total. The van der Waals surface area contributed by atoms with Crippen LogP contribution in [0.4, 0.5) is 0 Å². The van der Waals surface area contributed by atoms with Gasteiger partial charge in [0.15, 0.2) is 0 Å². The Morgan fingerprint density at radius 2 is 1.42 bits per heavy atom. The lowest BCUT2D eigenvalue weighted by atomic mass is 10.2. The van der Waals surface area contributed by atoms with Gasteiger partial charge in [-0.3, -0.25) is 0 Å². The molecule has 1 aromatic heterocycles. The molecule has 3 rings (SSSR count). The Balaban J connectivity index is 1.38. The second kappa shape index (κ2) is 8.01. The Labute approximate surface area is 140 Å². The lowest BCUT2D eigenvalue weighted by Gasteiger charge is -2.08. The SMILES string of the molecule is COc1ccc(OCCCOc2ccc(-c3nnco3)cc2)cc1. The Bertz CT molecular complexity index is 725. The smallest absolute Gasteiger partial charge is 0.247 e. The van der Waals surface area contributed by atoms with Gasteiger partial charge in [0.05, 0.1) is 20.3 Å². The van der Waals surface area contributed by atoms with Gasteiger partial charge in [0.25, 0.3) is 0 Å². The van der Waals surface area contributed by atoms with Crippen molar-refractivity contribution in [2.75, 3.05) is 20.3 Å². The van der Waals surface area contributed by atoms with Crippen molar-refractivity contribution in [3.05, 3.63) is 54.9 Å². The molecule has 0 radical (unpaired) electrons. The van der Waals surface area contributed by atoms with Gasteiger partial charge in [-0.05, 0) is 48.5 Å². The van der Waals surface area contributed by atoms with E-state index < -0.39 is 0 Å². The Morgan fingerprint density at radius 3 is 1.96 bits per heavy atom. The Morgan fingerprint density at radius 1 is 0.833 bits per heavy atom. The lowest BCUT2D eigenvalue weighted by molar-refractivity contribution is 0.247. The third-order valence-corrected chi connectivity index (χ3v) is 3.35. The molecule has 6 heteroatoms. The first kappa shape index (κ1) is 15.9. The van der Waals surface area contributed by atoms with Crippen LogP contribution in [0.1, 0.15) is 6.42 Å². The number of hydrogen-bond donors (Lipinski definition) is 0. The zero-order valence-electron chi connectivity index (χ0n) is 13.3. The van der Waals surface area contributed by atoms with Crippen LogP contribution >= 0.6 is 0 Å². The normalized spacial score (nSPS) is 10.4. The molecule has 0 aliphatic rings. The van der Waals surface area contributed by atoms with Crippen molar-refractivity contribution in [2.45, 2.75) is 6.42 Å². The Hall–Kier alpha value is -3.02. The third-order valence-electron chi connectivity index (χ3n) is 3.35. The van der Waals surface area contributed by atoms with Crippen molar-refractivity contribution in [1.29, 1.82) is 0 Å². The van der Waals surface area contributed by atoms with Crippen LogP contribution in [0, 0.1) is 0 Å². The van der Waals surface area contributed by atoms with Crippen molar-refractivity contribution in [1.82, 2.24) is 10.2 Å². The van der Waals surface area contributed by atoms with E-state index in [1.165, 1.54) is 6.39 Å². The molecule has 0 bridgehead atoms. The third kappa shape index (κ3) is 4.25. The average Bonchev–Trinajstić information content (AvgIpc) is 3.17. The van der Waals surface area contributed by atoms with Gasteiger partial charge in [-0.2, -0.15) is 0 Å². The van der Waals surface area contributed by atoms with Crippen LogP contribution in [0.15, 0.2) is 59.3 Å². The predicted octanol–water partition coefficient (Wildman–Crippen LogP) is 3.59. The largest absolute Gasteiger partial charge is 0.497 e. The fraction of sp³-hybridized carbons (Fsp3) is 0.222. The summed E-state index contributed by atoms with van der Waals surface area (Å²) in [6, 6.07) is 15.0. The highest BCUT2D eigenvalue weighted by atomic mass is 16.5. The van der Waals surface area contributed by atoms with Gasteiger partial charge >= 0.3 is 0 Å². The molecule has 124 valence electrons. The molecule has 0 aliphatic carbocycles. The lowest BCUT2D eigenvalue weighted by Crippen LogP contribution is -2.04. The molecule has 0 atom stereocenters. The van der Waals surface area contributed by atoms with E-state index in [0.717, 1.165) is 29.2 Å². The molecule has 2 aromatic carbocycles. The number of benzene rings is 2. The molecule has 0 fully saturated rings. The summed E-state index contributed by atoms with van der Waals surface area (Å²) in [7, 11) is 1.64. The number of methoxy groups -OCH3 is 1. The predicted molar refractivity (Wildman–Crippen MR) is 88.3 cm³/mol. The first-order valence-corrected chi connectivity index (χ1v) is 7.61. The van der Waals surface area contributed by atoms with Crippen LogP contribution in [0.3, 0.4) is 0 Å². The number of nitrogens with zero attached hydrogens (tertiary/aromatic N) is 2. The van der Waals surface area contributed by atoms with E-state index in [-0.39, 0.29) is 0 Å². The van der Waals surface area contributed by atoms with Crippen LogP contribution in [0.2, 0.25) is 0 Å². The summed E-state index contributed by atoms with van der Waals surface area (Å²) in [5, 5.41) is 7.52. The molecule has 0 saturated carbocycles. The summed E-state index contributed by atoms with van der Waals surface area (Å²) < 4.78 is 21.6. The zero-order valence-corrected chi connectivity index (χ0v) is 13.3. The van der Waals surface area contributed by atoms with Gasteiger partial charge in [-0.25, -0.2) is 0 Å². The number of aromatic nitrogens is 2. The van der Waals surface area contributed by atoms with E-state index in [1.54, 1.807) is 7.11 Å². The monoisotopic (exact) mass is 326 g/mol. The highest BCUT2D eigenvalue weighted by Crippen LogP contribution is 2.20. The van der Waals surface area contributed by atoms with Gasteiger partial charge in [0, 0.05) is 12.0 Å². The summed E-state index contributed by atoms with van der Waals surface area (Å²) in [5.74, 6) is 2.92. The quantitative estimate of drug-likeness (QED) is 0.589. The molecule has 3 aromatic rings. The standard InChI is InChI=1S/C18H18N2O4/c1-21-15-7-9-17(10-8-15)23-12-2-11-22-16-5-3-14(4-6-16)18-20-19-13-24-18/h3-10,13H,2,11-12H2,1H3. The van der Waals surface area contributed by atoms with Gasteiger partial charge < -0.3 is 18.6 Å². The minimum atomic E-state index is 0.495. The first-order chi connectivity index (χ1) is 11.8. The molecule has 24 heavy (non-hydrogen) atoms. The summed E-state index contributed by atoms with van der Waals surface area (Å²) >= 11 is 0. The number of rotatable bonds is 8. The highest BCUT2D eigenvalue weighted by Gasteiger charge is 2.03. The summed E-state index contributed by atoms with van der Waals surface area (Å²) in [6.07, 6.45) is 2.10. The average molecular weight is 326 g/mol. The molecular weight excluding hydrogens is 308 g/mol. The van der Waals surface area contributed by atoms with Crippen LogP contribution in [-0.2, 0) is 0 Å². The van der Waals surface area contributed by atoms with Crippen LogP contribution in [0.5, 0.6) is 17.2 Å². The van der Waals surface area contributed by atoms with Gasteiger partial charge in [0.1, 0.15) is 17.2 Å². The van der Waals surface area contributed by atoms with E-state index in [9.17, 15) is 0 Å². The summed E-state index contributed by atoms with van der Waals surface area (Å²) in [4.78, 5) is 0. The zero-order chi connectivity index (χ0) is 16.6. The Kier molecular flexibility index (Phi) is 5.29. The van der Waals surface area contributed by atoms with Crippen molar-refractivity contribution in [3.63, 3.8) is 0 Å². The van der Waals surface area contributed by atoms with E-state index >= 15 is 0 Å². The minimum Gasteiger partial charge on any atom is -0.497 e. The van der Waals surface area contributed by atoms with Crippen molar-refractivity contribution < 1.29 is 18.6 Å². The van der Waals surface area contributed by atoms with E-state index in [0.29, 0.717) is 19.1 Å². The molecule has 6 nitrogen and oxygen atoms in total. The van der Waals surface area contributed by atoms with Crippen LogP contribution in [0.25, 0.3) is 11.5 Å². The van der Waals surface area contributed by atoms with Crippen molar-refractivity contribution >= 4 is 0 Å². The minimum absolute atomic E-state index is 0.495. The second-order valence-corrected chi connectivity index (χ2v) is 4.99.